The lowest BCUT2D eigenvalue weighted by atomic mass is 10.0. The lowest BCUT2D eigenvalue weighted by molar-refractivity contribution is 0.0939. The fourth-order valence-electron chi connectivity index (χ4n) is 4.46. The van der Waals surface area contributed by atoms with E-state index < -0.39 is 5.82 Å². The molecule has 1 aromatic carbocycles. The lowest BCUT2D eigenvalue weighted by Gasteiger charge is -2.12. The molecular weight excluding hydrogens is 309 g/mol. The summed E-state index contributed by atoms with van der Waals surface area (Å²) in [5.74, 6) is 2.24. The highest BCUT2D eigenvalue weighted by atomic mass is 79.9. The van der Waals surface area contributed by atoms with E-state index in [2.05, 4.69) is 21.2 Å². The van der Waals surface area contributed by atoms with Crippen LogP contribution < -0.4 is 5.32 Å². The second-order valence-corrected chi connectivity index (χ2v) is 6.94. The quantitative estimate of drug-likeness (QED) is 0.888. The fourth-order valence-corrected chi connectivity index (χ4v) is 4.98. The molecule has 2 nitrogen and oxygen atoms in total. The monoisotopic (exact) mass is 323 g/mol. The molecule has 4 unspecified atom stereocenters. The van der Waals surface area contributed by atoms with Crippen molar-refractivity contribution in [2.75, 3.05) is 0 Å². The van der Waals surface area contributed by atoms with Gasteiger partial charge in [-0.25, -0.2) is 4.39 Å². The summed E-state index contributed by atoms with van der Waals surface area (Å²) >= 11 is 3.25. The van der Waals surface area contributed by atoms with E-state index in [1.54, 1.807) is 12.1 Å². The van der Waals surface area contributed by atoms with Crippen LogP contribution in [0.2, 0.25) is 0 Å². The molecule has 0 aliphatic heterocycles. The van der Waals surface area contributed by atoms with Crippen LogP contribution >= 0.6 is 15.9 Å². The van der Waals surface area contributed by atoms with Gasteiger partial charge in [-0.05, 0) is 71.0 Å². The normalized spacial score (nSPS) is 38.1. The second-order valence-electron chi connectivity index (χ2n) is 6.08. The van der Waals surface area contributed by atoms with Gasteiger partial charge in [-0.15, -0.1) is 0 Å². The number of benzene rings is 1. The summed E-state index contributed by atoms with van der Waals surface area (Å²) < 4.78 is 14.3. The molecule has 1 amide bonds. The number of amides is 1. The van der Waals surface area contributed by atoms with Gasteiger partial charge in [0.2, 0.25) is 0 Å². The highest BCUT2D eigenvalue weighted by Crippen LogP contribution is 2.65. The molecule has 0 spiro atoms. The molecule has 4 heteroatoms. The molecule has 3 saturated carbocycles. The summed E-state index contributed by atoms with van der Waals surface area (Å²) in [6, 6.07) is 4.93. The van der Waals surface area contributed by atoms with Crippen molar-refractivity contribution in [1.29, 1.82) is 0 Å². The first-order valence-corrected chi connectivity index (χ1v) is 7.71. The van der Waals surface area contributed by atoms with Crippen LogP contribution in [0.3, 0.4) is 0 Å². The number of carbonyl (C=O) groups is 1. The largest absolute Gasteiger partial charge is 0.349 e. The smallest absolute Gasteiger partial charge is 0.255 e. The molecule has 0 aromatic heterocycles. The lowest BCUT2D eigenvalue weighted by Crippen LogP contribution is -2.30. The maximum absolute atomic E-state index is 13.7. The number of hydrogen-bond acceptors (Lipinski definition) is 1. The van der Waals surface area contributed by atoms with Gasteiger partial charge in [0.1, 0.15) is 5.82 Å². The number of fused-ring (bicyclic) bond motifs is 5. The van der Waals surface area contributed by atoms with Gasteiger partial charge in [-0.3, -0.25) is 4.79 Å². The van der Waals surface area contributed by atoms with Gasteiger partial charge in [0.25, 0.3) is 5.91 Å². The molecule has 100 valence electrons. The van der Waals surface area contributed by atoms with E-state index >= 15 is 0 Å². The molecule has 3 aliphatic carbocycles. The Kier molecular flexibility index (Phi) is 2.53. The second kappa shape index (κ2) is 4.05. The maximum Gasteiger partial charge on any atom is 0.255 e. The van der Waals surface area contributed by atoms with Crippen molar-refractivity contribution in [1.82, 2.24) is 5.32 Å². The summed E-state index contributed by atoms with van der Waals surface area (Å²) in [6.07, 6.45) is 3.99. The molecule has 1 N–H and O–H groups in total. The Bertz CT molecular complexity index is 525. The molecule has 2 bridgehead atoms. The number of carbonyl (C=O) groups excluding carboxylic acids is 1. The van der Waals surface area contributed by atoms with Crippen LogP contribution in [0.5, 0.6) is 0 Å². The molecule has 3 fully saturated rings. The van der Waals surface area contributed by atoms with E-state index in [1.807, 2.05) is 0 Å². The molecule has 0 radical (unpaired) electrons. The van der Waals surface area contributed by atoms with Crippen molar-refractivity contribution >= 4 is 21.8 Å². The van der Waals surface area contributed by atoms with Crippen molar-refractivity contribution in [3.8, 4) is 0 Å². The van der Waals surface area contributed by atoms with E-state index in [9.17, 15) is 9.18 Å². The predicted molar refractivity (Wildman–Crippen MR) is 73.2 cm³/mol. The third-order valence-corrected chi connectivity index (χ3v) is 5.88. The minimum absolute atomic E-state index is 0.139. The number of nitrogens with one attached hydrogen (secondary N) is 1. The van der Waals surface area contributed by atoms with E-state index in [1.165, 1.54) is 25.3 Å². The molecule has 1 aromatic rings. The summed E-state index contributed by atoms with van der Waals surface area (Å²) in [5, 5.41) is 3.05. The Morgan fingerprint density at radius 1 is 1.26 bits per heavy atom. The first kappa shape index (κ1) is 11.9. The third-order valence-electron chi connectivity index (χ3n) is 5.22. The van der Waals surface area contributed by atoms with Crippen molar-refractivity contribution in [2.45, 2.75) is 25.3 Å². The van der Waals surface area contributed by atoms with Gasteiger partial charge < -0.3 is 5.32 Å². The Labute approximate surface area is 119 Å². The van der Waals surface area contributed by atoms with Gasteiger partial charge in [0.15, 0.2) is 0 Å². The van der Waals surface area contributed by atoms with Crippen LogP contribution in [0.4, 0.5) is 4.39 Å². The van der Waals surface area contributed by atoms with Gasteiger partial charge in [-0.1, -0.05) is 6.07 Å². The van der Waals surface area contributed by atoms with Crippen molar-refractivity contribution in [3.05, 3.63) is 34.1 Å². The molecule has 0 saturated heterocycles. The topological polar surface area (TPSA) is 29.1 Å². The Hall–Kier alpha value is -0.900. The van der Waals surface area contributed by atoms with Crippen LogP contribution in [0, 0.1) is 29.5 Å². The fraction of sp³-hybridized carbons (Fsp3) is 0.533. The predicted octanol–water partition coefficient (Wildman–Crippen LogP) is 3.36. The first-order valence-electron chi connectivity index (χ1n) is 6.91. The number of rotatable bonds is 2. The molecule has 19 heavy (non-hydrogen) atoms. The highest BCUT2D eigenvalue weighted by molar-refractivity contribution is 9.10. The van der Waals surface area contributed by atoms with Crippen molar-refractivity contribution in [3.63, 3.8) is 0 Å². The molecule has 4 atom stereocenters. The van der Waals surface area contributed by atoms with Crippen molar-refractivity contribution < 1.29 is 9.18 Å². The molecular formula is C15H15BrFNO. The average Bonchev–Trinajstić information content (AvgIpc) is 2.78. The van der Waals surface area contributed by atoms with E-state index in [0.29, 0.717) is 22.4 Å². The van der Waals surface area contributed by atoms with E-state index in [-0.39, 0.29) is 11.5 Å². The van der Waals surface area contributed by atoms with Crippen LogP contribution in [-0.2, 0) is 0 Å². The Morgan fingerprint density at radius 2 is 1.95 bits per heavy atom. The minimum atomic E-state index is -0.458. The Morgan fingerprint density at radius 3 is 2.58 bits per heavy atom. The minimum Gasteiger partial charge on any atom is -0.349 e. The first-order chi connectivity index (χ1) is 9.16. The molecule has 4 rings (SSSR count). The SMILES string of the molecule is O=C(NC1C2C3CCC(C3)C12)c1c(F)cccc1Br. The molecule has 0 heterocycles. The number of hydrogen-bond donors (Lipinski definition) is 1. The maximum atomic E-state index is 13.7. The molecule has 3 aliphatic rings. The van der Waals surface area contributed by atoms with Gasteiger partial charge in [-0.2, -0.15) is 0 Å². The Balaban J connectivity index is 1.51. The number of halogens is 2. The third kappa shape index (κ3) is 1.69. The summed E-state index contributed by atoms with van der Waals surface area (Å²) in [7, 11) is 0. The standard InChI is InChI=1S/C15H15BrFNO/c16-9-2-1-3-10(17)13(9)15(19)18-14-11-7-4-5-8(6-7)12(11)14/h1-3,7-8,11-12,14H,4-6H2,(H,18,19). The summed E-state index contributed by atoms with van der Waals surface area (Å²) in [4.78, 5) is 12.2. The van der Waals surface area contributed by atoms with Crippen LogP contribution in [0.1, 0.15) is 29.6 Å². The zero-order valence-electron chi connectivity index (χ0n) is 10.4. The van der Waals surface area contributed by atoms with Gasteiger partial charge >= 0.3 is 0 Å². The van der Waals surface area contributed by atoms with Crippen LogP contribution in [0.25, 0.3) is 0 Å². The van der Waals surface area contributed by atoms with E-state index in [4.69, 9.17) is 0 Å². The van der Waals surface area contributed by atoms with Crippen LogP contribution in [0.15, 0.2) is 22.7 Å². The van der Waals surface area contributed by atoms with Gasteiger partial charge in [0.05, 0.1) is 5.56 Å². The zero-order chi connectivity index (χ0) is 13.1. The van der Waals surface area contributed by atoms with Crippen molar-refractivity contribution in [2.24, 2.45) is 23.7 Å². The van der Waals surface area contributed by atoms with Gasteiger partial charge in [0, 0.05) is 10.5 Å². The van der Waals surface area contributed by atoms with E-state index in [0.717, 1.165) is 11.8 Å². The zero-order valence-corrected chi connectivity index (χ0v) is 12.0. The summed E-state index contributed by atoms with van der Waals surface area (Å²) in [6.45, 7) is 0. The van der Waals surface area contributed by atoms with Crippen LogP contribution in [-0.4, -0.2) is 11.9 Å². The average molecular weight is 324 g/mol. The highest BCUT2D eigenvalue weighted by Gasteiger charge is 2.65. The summed E-state index contributed by atoms with van der Waals surface area (Å²) in [5.41, 5.74) is 0.139.